The van der Waals surface area contributed by atoms with Gasteiger partial charge in [0, 0.05) is 12.1 Å². The van der Waals surface area contributed by atoms with Crippen LogP contribution >= 0.6 is 0 Å². The highest BCUT2D eigenvalue weighted by molar-refractivity contribution is 5.73. The Morgan fingerprint density at radius 1 is 1.50 bits per heavy atom. The summed E-state index contributed by atoms with van der Waals surface area (Å²) in [5.74, 6) is -1.55. The van der Waals surface area contributed by atoms with Crippen LogP contribution in [-0.2, 0) is 16.1 Å². The van der Waals surface area contributed by atoms with Crippen molar-refractivity contribution in [2.45, 2.75) is 39.0 Å². The van der Waals surface area contributed by atoms with Gasteiger partial charge in [-0.1, -0.05) is 6.07 Å². The molecular formula is C16H21FN2O3. The van der Waals surface area contributed by atoms with Gasteiger partial charge in [-0.15, -0.1) is 0 Å². The average molecular weight is 308 g/mol. The summed E-state index contributed by atoms with van der Waals surface area (Å²) in [5, 5.41) is 18.0. The second-order valence-corrected chi connectivity index (χ2v) is 6.11. The van der Waals surface area contributed by atoms with Gasteiger partial charge in [0.1, 0.15) is 11.9 Å². The van der Waals surface area contributed by atoms with Crippen LogP contribution < -0.4 is 0 Å². The van der Waals surface area contributed by atoms with Crippen molar-refractivity contribution < 1.29 is 19.0 Å². The Hall–Kier alpha value is -1.97. The van der Waals surface area contributed by atoms with E-state index >= 15 is 0 Å². The molecule has 0 aromatic heterocycles. The molecule has 0 heterocycles. The van der Waals surface area contributed by atoms with E-state index in [1.165, 1.54) is 17.0 Å². The zero-order valence-corrected chi connectivity index (χ0v) is 13.3. The molecule has 1 unspecified atom stereocenters. The van der Waals surface area contributed by atoms with E-state index in [1.807, 2.05) is 26.8 Å². The van der Waals surface area contributed by atoms with Crippen molar-refractivity contribution in [3.63, 3.8) is 0 Å². The molecule has 22 heavy (non-hydrogen) atoms. The van der Waals surface area contributed by atoms with E-state index in [-0.39, 0.29) is 18.7 Å². The Bertz CT molecular complexity index is 576. The number of hydrogen-bond donors (Lipinski definition) is 1. The first-order valence-corrected chi connectivity index (χ1v) is 6.89. The van der Waals surface area contributed by atoms with Gasteiger partial charge in [0.15, 0.2) is 0 Å². The largest absolute Gasteiger partial charge is 0.480 e. The number of ether oxygens (including phenoxy) is 1. The van der Waals surface area contributed by atoms with Crippen molar-refractivity contribution >= 4 is 5.97 Å². The Labute approximate surface area is 129 Å². The van der Waals surface area contributed by atoms with Crippen LogP contribution in [0.1, 0.15) is 31.9 Å². The normalized spacial score (nSPS) is 13.0. The summed E-state index contributed by atoms with van der Waals surface area (Å²) in [7, 11) is 1.60. The lowest BCUT2D eigenvalue weighted by molar-refractivity contribution is -0.147. The van der Waals surface area contributed by atoms with Crippen molar-refractivity contribution in [3.05, 3.63) is 35.1 Å². The second-order valence-electron chi connectivity index (χ2n) is 6.11. The SMILES string of the molecule is CN(Cc1ccc(C#N)cc1F)C(COC(C)(C)C)C(=O)O. The monoisotopic (exact) mass is 308 g/mol. The van der Waals surface area contributed by atoms with Crippen LogP contribution in [0, 0.1) is 17.1 Å². The van der Waals surface area contributed by atoms with Crippen molar-refractivity contribution in [1.29, 1.82) is 5.26 Å². The molecule has 0 spiro atoms. The Morgan fingerprint density at radius 2 is 2.14 bits per heavy atom. The summed E-state index contributed by atoms with van der Waals surface area (Å²) < 4.78 is 19.4. The lowest BCUT2D eigenvalue weighted by Gasteiger charge is -2.28. The molecular weight excluding hydrogens is 287 g/mol. The molecule has 0 amide bonds. The van der Waals surface area contributed by atoms with E-state index in [9.17, 15) is 14.3 Å². The Balaban J connectivity index is 2.81. The third-order valence-electron chi connectivity index (χ3n) is 3.09. The standard InChI is InChI=1S/C16H21FN2O3/c1-16(2,3)22-10-14(15(20)21)19(4)9-12-6-5-11(8-18)7-13(12)17/h5-7,14H,9-10H2,1-4H3,(H,20,21). The smallest absolute Gasteiger partial charge is 0.323 e. The molecule has 1 N–H and O–H groups in total. The summed E-state index contributed by atoms with van der Waals surface area (Å²) in [6, 6.07) is 5.12. The lowest BCUT2D eigenvalue weighted by atomic mass is 10.1. The summed E-state index contributed by atoms with van der Waals surface area (Å²) >= 11 is 0. The molecule has 6 heteroatoms. The summed E-state index contributed by atoms with van der Waals surface area (Å²) in [6.07, 6.45) is 0. The number of hydrogen-bond acceptors (Lipinski definition) is 4. The number of nitrogens with zero attached hydrogens (tertiary/aromatic N) is 2. The first-order valence-electron chi connectivity index (χ1n) is 6.89. The first-order chi connectivity index (χ1) is 10.1. The van der Waals surface area contributed by atoms with Gasteiger partial charge in [-0.2, -0.15) is 5.26 Å². The van der Waals surface area contributed by atoms with Crippen LogP contribution in [0.3, 0.4) is 0 Å². The number of aliphatic carboxylic acids is 1. The van der Waals surface area contributed by atoms with Gasteiger partial charge in [-0.3, -0.25) is 9.69 Å². The van der Waals surface area contributed by atoms with Crippen LogP contribution in [0.5, 0.6) is 0 Å². The third kappa shape index (κ3) is 5.43. The number of rotatable bonds is 6. The van der Waals surface area contributed by atoms with Crippen LogP contribution in [0.4, 0.5) is 4.39 Å². The minimum absolute atomic E-state index is 0.00717. The van der Waals surface area contributed by atoms with E-state index in [1.54, 1.807) is 7.05 Å². The quantitative estimate of drug-likeness (QED) is 0.873. The molecule has 1 aromatic rings. The summed E-state index contributed by atoms with van der Waals surface area (Å²) in [4.78, 5) is 12.9. The zero-order chi connectivity index (χ0) is 16.9. The maximum Gasteiger partial charge on any atom is 0.323 e. The highest BCUT2D eigenvalue weighted by Gasteiger charge is 2.26. The fourth-order valence-electron chi connectivity index (χ4n) is 1.84. The number of halogens is 1. The lowest BCUT2D eigenvalue weighted by Crippen LogP contribution is -2.43. The third-order valence-corrected chi connectivity index (χ3v) is 3.09. The number of carboxylic acid groups (broad SMARTS) is 1. The van der Waals surface area contributed by atoms with E-state index in [4.69, 9.17) is 10.00 Å². The van der Waals surface area contributed by atoms with Crippen LogP contribution in [0.2, 0.25) is 0 Å². The topological polar surface area (TPSA) is 73.6 Å². The minimum Gasteiger partial charge on any atom is -0.480 e. The minimum atomic E-state index is -1.03. The molecule has 1 aromatic carbocycles. The van der Waals surface area contributed by atoms with Crippen molar-refractivity contribution in [1.82, 2.24) is 4.90 Å². The number of carbonyl (C=O) groups is 1. The van der Waals surface area contributed by atoms with Gasteiger partial charge in [-0.05, 0) is 40.0 Å². The maximum absolute atomic E-state index is 13.9. The molecule has 0 saturated heterocycles. The van der Waals surface area contributed by atoms with Crippen LogP contribution in [0.15, 0.2) is 18.2 Å². The molecule has 0 bridgehead atoms. The highest BCUT2D eigenvalue weighted by atomic mass is 19.1. The fourth-order valence-corrected chi connectivity index (χ4v) is 1.84. The molecule has 0 fully saturated rings. The second kappa shape index (κ2) is 7.34. The zero-order valence-electron chi connectivity index (χ0n) is 13.3. The van der Waals surface area contributed by atoms with E-state index in [2.05, 4.69) is 0 Å². The number of likely N-dealkylation sites (N-methyl/N-ethyl adjacent to an activating group) is 1. The number of carboxylic acids is 1. The van der Waals surface area contributed by atoms with E-state index in [0.717, 1.165) is 6.07 Å². The van der Waals surface area contributed by atoms with Crippen molar-refractivity contribution in [3.8, 4) is 6.07 Å². The molecule has 0 radical (unpaired) electrons. The molecule has 0 aliphatic rings. The van der Waals surface area contributed by atoms with Gasteiger partial charge in [0.05, 0.1) is 23.8 Å². The molecule has 1 atom stereocenters. The maximum atomic E-state index is 13.9. The molecule has 120 valence electrons. The van der Waals surface area contributed by atoms with Gasteiger partial charge >= 0.3 is 5.97 Å². The molecule has 0 aliphatic carbocycles. The molecule has 5 nitrogen and oxygen atoms in total. The fraction of sp³-hybridized carbons (Fsp3) is 0.500. The highest BCUT2D eigenvalue weighted by Crippen LogP contribution is 2.15. The molecule has 0 saturated carbocycles. The van der Waals surface area contributed by atoms with Gasteiger partial charge in [0.25, 0.3) is 0 Å². The van der Waals surface area contributed by atoms with E-state index in [0.29, 0.717) is 5.56 Å². The van der Waals surface area contributed by atoms with E-state index < -0.39 is 23.4 Å². The molecule has 0 aliphatic heterocycles. The predicted octanol–water partition coefficient (Wildman–Crippen LogP) is 2.40. The predicted molar refractivity (Wildman–Crippen MR) is 79.7 cm³/mol. The Morgan fingerprint density at radius 3 is 2.59 bits per heavy atom. The summed E-state index contributed by atoms with van der Waals surface area (Å²) in [5.41, 5.74) is 0.118. The van der Waals surface area contributed by atoms with Crippen LogP contribution in [0.25, 0.3) is 0 Å². The van der Waals surface area contributed by atoms with Gasteiger partial charge in [0.2, 0.25) is 0 Å². The van der Waals surface area contributed by atoms with Crippen LogP contribution in [-0.4, -0.2) is 41.3 Å². The van der Waals surface area contributed by atoms with Gasteiger partial charge in [-0.25, -0.2) is 4.39 Å². The van der Waals surface area contributed by atoms with Gasteiger partial charge < -0.3 is 9.84 Å². The average Bonchev–Trinajstić information content (AvgIpc) is 2.39. The van der Waals surface area contributed by atoms with Crippen molar-refractivity contribution in [2.24, 2.45) is 0 Å². The molecule has 1 rings (SSSR count). The summed E-state index contributed by atoms with van der Waals surface area (Å²) in [6.45, 7) is 5.64. The number of benzene rings is 1. The number of nitriles is 1. The van der Waals surface area contributed by atoms with Crippen molar-refractivity contribution in [2.75, 3.05) is 13.7 Å². The first kappa shape index (κ1) is 18.1. The Kier molecular flexibility index (Phi) is 6.03.